The maximum absolute atomic E-state index is 12.6. The summed E-state index contributed by atoms with van der Waals surface area (Å²) < 4.78 is 5.49. The Labute approximate surface area is 152 Å². The van der Waals surface area contributed by atoms with Crippen LogP contribution in [-0.4, -0.2) is 42.7 Å². The lowest BCUT2D eigenvalue weighted by atomic mass is 9.92. The van der Waals surface area contributed by atoms with Crippen LogP contribution in [0.1, 0.15) is 18.4 Å². The summed E-state index contributed by atoms with van der Waals surface area (Å²) >= 11 is 0. The average Bonchev–Trinajstić information content (AvgIpc) is 3.11. The van der Waals surface area contributed by atoms with E-state index in [9.17, 15) is 9.59 Å². The Bertz CT molecular complexity index is 700. The van der Waals surface area contributed by atoms with Crippen LogP contribution in [0.15, 0.2) is 42.1 Å². The summed E-state index contributed by atoms with van der Waals surface area (Å²) in [6.07, 6.45) is 3.26. The first-order chi connectivity index (χ1) is 12.7. The van der Waals surface area contributed by atoms with E-state index in [0.717, 1.165) is 37.2 Å². The van der Waals surface area contributed by atoms with Crippen molar-refractivity contribution >= 4 is 11.9 Å². The van der Waals surface area contributed by atoms with Crippen LogP contribution in [0.2, 0.25) is 0 Å². The molecule has 7 heteroatoms. The lowest BCUT2D eigenvalue weighted by Crippen LogP contribution is -2.55. The molecule has 0 saturated carbocycles. The zero-order chi connectivity index (χ0) is 17.9. The zero-order valence-corrected chi connectivity index (χ0v) is 14.6. The lowest BCUT2D eigenvalue weighted by Gasteiger charge is -2.38. The van der Waals surface area contributed by atoms with E-state index in [2.05, 4.69) is 16.1 Å². The van der Waals surface area contributed by atoms with E-state index in [1.807, 2.05) is 35.3 Å². The Hall–Kier alpha value is -2.38. The number of nitrogens with one attached hydrogen (secondary N) is 3. The van der Waals surface area contributed by atoms with Crippen molar-refractivity contribution in [2.75, 3.05) is 19.6 Å². The molecule has 3 N–H and O–H groups in total. The fourth-order valence-corrected chi connectivity index (χ4v) is 3.88. The molecule has 2 atom stereocenters. The zero-order valence-electron chi connectivity index (χ0n) is 14.6. The van der Waals surface area contributed by atoms with Crippen LogP contribution in [-0.2, 0) is 20.9 Å². The monoisotopic (exact) mass is 356 g/mol. The molecule has 2 saturated heterocycles. The number of ether oxygens (including phenoxy) is 1. The highest BCUT2D eigenvalue weighted by Crippen LogP contribution is 2.31. The second-order valence-electron chi connectivity index (χ2n) is 6.98. The van der Waals surface area contributed by atoms with Gasteiger partial charge in [0.1, 0.15) is 18.7 Å². The summed E-state index contributed by atoms with van der Waals surface area (Å²) in [5, 5.41) is 8.22. The van der Waals surface area contributed by atoms with E-state index in [1.165, 1.54) is 0 Å². The molecule has 1 amide bonds. The second-order valence-corrected chi connectivity index (χ2v) is 6.98. The Kier molecular flexibility index (Phi) is 4.90. The summed E-state index contributed by atoms with van der Waals surface area (Å²) in [6, 6.07) is 9.61. The summed E-state index contributed by atoms with van der Waals surface area (Å²) in [4.78, 5) is 24.8. The van der Waals surface area contributed by atoms with Gasteiger partial charge in [-0.25, -0.2) is 5.43 Å². The van der Waals surface area contributed by atoms with E-state index in [1.54, 1.807) is 6.08 Å². The van der Waals surface area contributed by atoms with Gasteiger partial charge in [0.25, 0.3) is 0 Å². The fraction of sp³-hybridized carbons (Fsp3) is 0.474. The Balaban J connectivity index is 1.43. The molecule has 26 heavy (non-hydrogen) atoms. The molecule has 3 heterocycles. The van der Waals surface area contributed by atoms with Crippen molar-refractivity contribution < 1.29 is 14.3 Å². The second kappa shape index (κ2) is 7.47. The van der Waals surface area contributed by atoms with Gasteiger partial charge in [-0.1, -0.05) is 30.3 Å². The molecule has 138 valence electrons. The molecule has 0 aliphatic carbocycles. The maximum atomic E-state index is 12.6. The van der Waals surface area contributed by atoms with Crippen molar-refractivity contribution in [3.05, 3.63) is 47.7 Å². The highest BCUT2D eigenvalue weighted by atomic mass is 16.5. The molecule has 0 spiro atoms. The number of rotatable bonds is 4. The van der Waals surface area contributed by atoms with Crippen molar-refractivity contribution in [2.45, 2.75) is 25.6 Å². The SMILES string of the molecule is O=C1C=C(C2CCNCC2)N2NCC(C(=O)OCc3ccccc3)C2N1. The van der Waals surface area contributed by atoms with E-state index in [4.69, 9.17) is 4.74 Å². The predicted octanol–water partition coefficient (Wildman–Crippen LogP) is 0.506. The molecule has 1 aromatic rings. The summed E-state index contributed by atoms with van der Waals surface area (Å²) in [6.45, 7) is 2.60. The summed E-state index contributed by atoms with van der Waals surface area (Å²) in [5.74, 6) is -0.519. The number of hydrazine groups is 1. The third kappa shape index (κ3) is 3.45. The quantitative estimate of drug-likeness (QED) is 0.682. The van der Waals surface area contributed by atoms with E-state index in [0.29, 0.717) is 12.5 Å². The minimum absolute atomic E-state index is 0.135. The Morgan fingerprint density at radius 3 is 2.73 bits per heavy atom. The van der Waals surface area contributed by atoms with Gasteiger partial charge < -0.3 is 15.4 Å². The number of hydrogen-bond acceptors (Lipinski definition) is 6. The number of nitrogens with zero attached hydrogens (tertiary/aromatic N) is 1. The molecular weight excluding hydrogens is 332 g/mol. The van der Waals surface area contributed by atoms with Gasteiger partial charge in [0, 0.05) is 24.2 Å². The van der Waals surface area contributed by atoms with Gasteiger partial charge in [-0.3, -0.25) is 14.6 Å². The molecular formula is C19H24N4O3. The van der Waals surface area contributed by atoms with Crippen LogP contribution in [0.25, 0.3) is 0 Å². The van der Waals surface area contributed by atoms with Gasteiger partial charge in [0.2, 0.25) is 5.91 Å². The van der Waals surface area contributed by atoms with Crippen LogP contribution in [0.4, 0.5) is 0 Å². The molecule has 2 fully saturated rings. The summed E-state index contributed by atoms with van der Waals surface area (Å²) in [5.41, 5.74) is 5.22. The minimum atomic E-state index is -0.423. The number of piperidine rings is 1. The Morgan fingerprint density at radius 1 is 1.19 bits per heavy atom. The fourth-order valence-electron chi connectivity index (χ4n) is 3.88. The molecule has 3 aliphatic rings. The topological polar surface area (TPSA) is 82.7 Å². The third-order valence-electron chi connectivity index (χ3n) is 5.27. The number of esters is 1. The number of amides is 1. The van der Waals surface area contributed by atoms with Gasteiger partial charge in [0.05, 0.1) is 0 Å². The average molecular weight is 356 g/mol. The van der Waals surface area contributed by atoms with Crippen LogP contribution in [0, 0.1) is 11.8 Å². The highest BCUT2D eigenvalue weighted by Gasteiger charge is 2.45. The first-order valence-corrected chi connectivity index (χ1v) is 9.18. The summed E-state index contributed by atoms with van der Waals surface area (Å²) in [7, 11) is 0. The molecule has 2 unspecified atom stereocenters. The smallest absolute Gasteiger partial charge is 0.314 e. The molecule has 7 nitrogen and oxygen atoms in total. The highest BCUT2D eigenvalue weighted by molar-refractivity contribution is 5.90. The molecule has 4 rings (SSSR count). The number of benzene rings is 1. The lowest BCUT2D eigenvalue weighted by molar-refractivity contribution is -0.150. The van der Waals surface area contributed by atoms with E-state index in [-0.39, 0.29) is 24.6 Å². The minimum Gasteiger partial charge on any atom is -0.460 e. The third-order valence-corrected chi connectivity index (χ3v) is 5.27. The van der Waals surface area contributed by atoms with Gasteiger partial charge in [0.15, 0.2) is 0 Å². The van der Waals surface area contributed by atoms with Gasteiger partial charge in [-0.15, -0.1) is 0 Å². The number of allylic oxidation sites excluding steroid dienone is 1. The predicted molar refractivity (Wildman–Crippen MR) is 95.2 cm³/mol. The van der Waals surface area contributed by atoms with Crippen molar-refractivity contribution in [3.63, 3.8) is 0 Å². The van der Waals surface area contributed by atoms with Crippen LogP contribution in [0.3, 0.4) is 0 Å². The molecule has 1 aromatic carbocycles. The van der Waals surface area contributed by atoms with Crippen LogP contribution < -0.4 is 16.1 Å². The molecule has 0 radical (unpaired) electrons. The first-order valence-electron chi connectivity index (χ1n) is 9.18. The number of carbonyl (C=O) groups excluding carboxylic acids is 2. The van der Waals surface area contributed by atoms with Crippen molar-refractivity contribution in [1.82, 2.24) is 21.1 Å². The standard InChI is InChI=1S/C19H24N4O3/c24-17-10-16(14-6-8-20-9-7-14)23-18(22-17)15(11-21-23)19(25)26-12-13-4-2-1-3-5-13/h1-5,10,14-15,18,20-21H,6-9,11-12H2,(H,22,24). The Morgan fingerprint density at radius 2 is 1.96 bits per heavy atom. The molecule has 3 aliphatic heterocycles. The largest absolute Gasteiger partial charge is 0.460 e. The number of hydrogen-bond donors (Lipinski definition) is 3. The van der Waals surface area contributed by atoms with Crippen LogP contribution in [0.5, 0.6) is 0 Å². The number of carbonyl (C=O) groups is 2. The van der Waals surface area contributed by atoms with E-state index >= 15 is 0 Å². The van der Waals surface area contributed by atoms with Crippen LogP contribution >= 0.6 is 0 Å². The van der Waals surface area contributed by atoms with Crippen molar-refractivity contribution in [2.24, 2.45) is 11.8 Å². The molecule has 0 aromatic heterocycles. The maximum Gasteiger partial charge on any atom is 0.314 e. The van der Waals surface area contributed by atoms with Gasteiger partial charge in [-0.2, -0.15) is 0 Å². The normalized spacial score (nSPS) is 26.1. The van der Waals surface area contributed by atoms with Gasteiger partial charge >= 0.3 is 5.97 Å². The van der Waals surface area contributed by atoms with Gasteiger partial charge in [-0.05, 0) is 31.5 Å². The molecule has 0 bridgehead atoms. The van der Waals surface area contributed by atoms with Crippen molar-refractivity contribution in [1.29, 1.82) is 0 Å². The number of fused-ring (bicyclic) bond motifs is 1. The van der Waals surface area contributed by atoms with Crippen molar-refractivity contribution in [3.8, 4) is 0 Å². The van der Waals surface area contributed by atoms with E-state index < -0.39 is 5.92 Å². The first kappa shape index (κ1) is 17.1.